The van der Waals surface area contributed by atoms with Gasteiger partial charge in [-0.2, -0.15) is 0 Å². The first-order chi connectivity index (χ1) is 6.43. The standard InChI is InChI=1S/C12H24O2/c1-7-12(9(3)4,10(5)6)11(13)14-8-2/h9-10H,7-8H2,1-6H3. The van der Waals surface area contributed by atoms with Gasteiger partial charge in [-0.1, -0.05) is 34.6 Å². The van der Waals surface area contributed by atoms with Crippen molar-refractivity contribution in [3.63, 3.8) is 0 Å². The lowest BCUT2D eigenvalue weighted by atomic mass is 9.67. The molecule has 0 N–H and O–H groups in total. The fourth-order valence-electron chi connectivity index (χ4n) is 2.36. The molecule has 14 heavy (non-hydrogen) atoms. The lowest BCUT2D eigenvalue weighted by Crippen LogP contribution is -2.42. The highest BCUT2D eigenvalue weighted by Gasteiger charge is 2.43. The molecule has 0 radical (unpaired) electrons. The summed E-state index contributed by atoms with van der Waals surface area (Å²) in [4.78, 5) is 12.0. The number of esters is 1. The van der Waals surface area contributed by atoms with Gasteiger partial charge in [0.1, 0.15) is 0 Å². The van der Waals surface area contributed by atoms with Gasteiger partial charge in [0.15, 0.2) is 0 Å². The maximum atomic E-state index is 12.0. The van der Waals surface area contributed by atoms with Crippen molar-refractivity contribution in [3.05, 3.63) is 0 Å². The van der Waals surface area contributed by atoms with E-state index in [4.69, 9.17) is 4.74 Å². The van der Waals surface area contributed by atoms with Crippen LogP contribution < -0.4 is 0 Å². The highest BCUT2D eigenvalue weighted by atomic mass is 16.5. The Morgan fingerprint density at radius 2 is 1.57 bits per heavy atom. The van der Waals surface area contributed by atoms with Crippen molar-refractivity contribution in [2.24, 2.45) is 17.3 Å². The van der Waals surface area contributed by atoms with E-state index < -0.39 is 0 Å². The zero-order valence-electron chi connectivity index (χ0n) is 10.4. The number of carbonyl (C=O) groups is 1. The zero-order chi connectivity index (χ0) is 11.4. The van der Waals surface area contributed by atoms with Crippen LogP contribution in [0.2, 0.25) is 0 Å². The third-order valence-corrected chi connectivity index (χ3v) is 3.30. The summed E-state index contributed by atoms with van der Waals surface area (Å²) >= 11 is 0. The van der Waals surface area contributed by atoms with Gasteiger partial charge in [0, 0.05) is 0 Å². The van der Waals surface area contributed by atoms with E-state index in [2.05, 4.69) is 34.6 Å². The van der Waals surface area contributed by atoms with Gasteiger partial charge in [0.2, 0.25) is 0 Å². The maximum absolute atomic E-state index is 12.0. The Labute approximate surface area is 88.0 Å². The van der Waals surface area contributed by atoms with Crippen LogP contribution in [0.25, 0.3) is 0 Å². The second-order valence-electron chi connectivity index (χ2n) is 4.42. The summed E-state index contributed by atoms with van der Waals surface area (Å²) < 4.78 is 5.18. The molecule has 0 heterocycles. The van der Waals surface area contributed by atoms with Crippen LogP contribution in [0.4, 0.5) is 0 Å². The summed E-state index contributed by atoms with van der Waals surface area (Å²) in [7, 11) is 0. The summed E-state index contributed by atoms with van der Waals surface area (Å²) in [5.41, 5.74) is -0.310. The van der Waals surface area contributed by atoms with Crippen LogP contribution in [0.15, 0.2) is 0 Å². The van der Waals surface area contributed by atoms with E-state index in [1.807, 2.05) is 6.92 Å². The van der Waals surface area contributed by atoms with Crippen molar-refractivity contribution < 1.29 is 9.53 Å². The number of carbonyl (C=O) groups excluding carboxylic acids is 1. The molecule has 0 aliphatic heterocycles. The zero-order valence-corrected chi connectivity index (χ0v) is 10.4. The van der Waals surface area contributed by atoms with Crippen molar-refractivity contribution in [2.45, 2.75) is 48.0 Å². The molecule has 2 nitrogen and oxygen atoms in total. The monoisotopic (exact) mass is 200 g/mol. The van der Waals surface area contributed by atoms with Gasteiger partial charge >= 0.3 is 5.97 Å². The number of hydrogen-bond acceptors (Lipinski definition) is 2. The van der Waals surface area contributed by atoms with Crippen LogP contribution in [-0.4, -0.2) is 12.6 Å². The van der Waals surface area contributed by atoms with Gasteiger partial charge in [-0.25, -0.2) is 0 Å². The van der Waals surface area contributed by atoms with E-state index in [0.29, 0.717) is 18.4 Å². The SMILES string of the molecule is CCOC(=O)C(CC)(C(C)C)C(C)C. The van der Waals surface area contributed by atoms with E-state index in [1.54, 1.807) is 0 Å². The minimum Gasteiger partial charge on any atom is -0.466 e. The van der Waals surface area contributed by atoms with Gasteiger partial charge < -0.3 is 4.74 Å². The molecule has 0 aromatic rings. The van der Waals surface area contributed by atoms with Crippen LogP contribution in [0.1, 0.15) is 48.0 Å². The van der Waals surface area contributed by atoms with E-state index in [0.717, 1.165) is 6.42 Å². The van der Waals surface area contributed by atoms with Crippen molar-refractivity contribution in [1.29, 1.82) is 0 Å². The molecular weight excluding hydrogens is 176 g/mol. The molecule has 0 rings (SSSR count). The quantitative estimate of drug-likeness (QED) is 0.637. The first kappa shape index (κ1) is 13.5. The molecule has 0 aromatic heterocycles. The maximum Gasteiger partial charge on any atom is 0.312 e. The van der Waals surface area contributed by atoms with Gasteiger partial charge in [-0.05, 0) is 25.2 Å². The average Bonchev–Trinajstić information content (AvgIpc) is 2.05. The highest BCUT2D eigenvalue weighted by molar-refractivity contribution is 5.77. The van der Waals surface area contributed by atoms with Crippen LogP contribution in [-0.2, 0) is 9.53 Å². The van der Waals surface area contributed by atoms with Gasteiger partial charge in [0.25, 0.3) is 0 Å². The Morgan fingerprint density at radius 3 is 1.79 bits per heavy atom. The van der Waals surface area contributed by atoms with Crippen LogP contribution in [0.3, 0.4) is 0 Å². The molecule has 0 aromatic carbocycles. The molecule has 84 valence electrons. The predicted octanol–water partition coefficient (Wildman–Crippen LogP) is 3.26. The van der Waals surface area contributed by atoms with Crippen molar-refractivity contribution >= 4 is 5.97 Å². The molecule has 0 aliphatic rings. The van der Waals surface area contributed by atoms with Crippen LogP contribution in [0, 0.1) is 17.3 Å². The molecule has 0 atom stereocenters. The number of hydrogen-bond donors (Lipinski definition) is 0. The van der Waals surface area contributed by atoms with Crippen LogP contribution >= 0.6 is 0 Å². The summed E-state index contributed by atoms with van der Waals surface area (Å²) in [6, 6.07) is 0. The fourth-order valence-corrected chi connectivity index (χ4v) is 2.36. The lowest BCUT2D eigenvalue weighted by molar-refractivity contribution is -0.162. The molecule has 2 heteroatoms. The van der Waals surface area contributed by atoms with E-state index in [1.165, 1.54) is 0 Å². The van der Waals surface area contributed by atoms with Gasteiger partial charge in [0.05, 0.1) is 12.0 Å². The van der Waals surface area contributed by atoms with E-state index >= 15 is 0 Å². The second-order valence-corrected chi connectivity index (χ2v) is 4.42. The fraction of sp³-hybridized carbons (Fsp3) is 0.917. The summed E-state index contributed by atoms with van der Waals surface area (Å²) in [5, 5.41) is 0. The molecule has 0 aliphatic carbocycles. The Kier molecular flexibility index (Phi) is 5.17. The first-order valence-electron chi connectivity index (χ1n) is 5.60. The first-order valence-corrected chi connectivity index (χ1v) is 5.60. The normalized spacial score (nSPS) is 12.3. The van der Waals surface area contributed by atoms with E-state index in [-0.39, 0.29) is 11.4 Å². The minimum atomic E-state index is -0.310. The average molecular weight is 200 g/mol. The van der Waals surface area contributed by atoms with Gasteiger partial charge in [-0.3, -0.25) is 4.79 Å². The highest BCUT2D eigenvalue weighted by Crippen LogP contribution is 2.40. The molecular formula is C12H24O2. The third kappa shape index (κ3) is 2.28. The summed E-state index contributed by atoms with van der Waals surface area (Å²) in [6.45, 7) is 12.8. The van der Waals surface area contributed by atoms with Crippen molar-refractivity contribution in [1.82, 2.24) is 0 Å². The summed E-state index contributed by atoms with van der Waals surface area (Å²) in [6.07, 6.45) is 0.848. The van der Waals surface area contributed by atoms with Crippen molar-refractivity contribution in [3.8, 4) is 0 Å². The Balaban J connectivity index is 4.93. The Morgan fingerprint density at radius 1 is 1.14 bits per heavy atom. The molecule has 0 saturated carbocycles. The number of rotatable bonds is 5. The smallest absolute Gasteiger partial charge is 0.312 e. The molecule has 0 bridgehead atoms. The predicted molar refractivity (Wildman–Crippen MR) is 59.0 cm³/mol. The summed E-state index contributed by atoms with van der Waals surface area (Å²) in [5.74, 6) is 0.616. The number of ether oxygens (including phenoxy) is 1. The minimum absolute atomic E-state index is 0.0347. The molecule has 0 amide bonds. The second kappa shape index (κ2) is 5.38. The molecule has 0 spiro atoms. The van der Waals surface area contributed by atoms with Gasteiger partial charge in [-0.15, -0.1) is 0 Å². The molecule has 0 saturated heterocycles. The Hall–Kier alpha value is -0.530. The largest absolute Gasteiger partial charge is 0.466 e. The van der Waals surface area contributed by atoms with Crippen LogP contribution in [0.5, 0.6) is 0 Å². The lowest BCUT2D eigenvalue weighted by Gasteiger charge is -2.37. The third-order valence-electron chi connectivity index (χ3n) is 3.30. The van der Waals surface area contributed by atoms with E-state index in [9.17, 15) is 4.79 Å². The van der Waals surface area contributed by atoms with Crippen molar-refractivity contribution in [2.75, 3.05) is 6.61 Å². The topological polar surface area (TPSA) is 26.3 Å². The Bertz CT molecular complexity index is 175. The molecule has 0 fully saturated rings. The molecule has 0 unspecified atom stereocenters.